The molecule has 0 radical (unpaired) electrons. The van der Waals surface area contributed by atoms with Crippen LogP contribution in [-0.2, 0) is 10.0 Å². The number of rotatable bonds is 6. The van der Waals surface area contributed by atoms with Crippen molar-refractivity contribution in [2.24, 2.45) is 0 Å². The molecule has 0 saturated heterocycles. The molecule has 0 fully saturated rings. The average molecular weight is 491 g/mol. The SMILES string of the molecule is C=CCN1CN([C@@H](c2nnco2)[C@@H](C)c2c(F)ccc(C)c2C)S(=O)(=O)c2ccc(Cl)cc21. The number of aromatic nitrogens is 2. The van der Waals surface area contributed by atoms with Crippen LogP contribution in [0.1, 0.15) is 41.5 Å². The Labute approximate surface area is 197 Å². The minimum Gasteiger partial charge on any atom is -0.426 e. The first kappa shape index (κ1) is 23.4. The van der Waals surface area contributed by atoms with E-state index in [1.165, 1.54) is 22.5 Å². The van der Waals surface area contributed by atoms with Crippen molar-refractivity contribution < 1.29 is 17.2 Å². The van der Waals surface area contributed by atoms with Crippen molar-refractivity contribution in [3.63, 3.8) is 0 Å². The van der Waals surface area contributed by atoms with E-state index >= 15 is 4.39 Å². The van der Waals surface area contributed by atoms with Crippen molar-refractivity contribution in [1.82, 2.24) is 14.5 Å². The van der Waals surface area contributed by atoms with Crippen LogP contribution in [0.25, 0.3) is 0 Å². The van der Waals surface area contributed by atoms with Crippen LogP contribution in [0, 0.1) is 19.7 Å². The third kappa shape index (κ3) is 4.05. The molecule has 7 nitrogen and oxygen atoms in total. The van der Waals surface area contributed by atoms with Crippen molar-refractivity contribution in [3.8, 4) is 0 Å². The standard InChI is InChI=1S/C23H24ClFN4O3S/c1-5-10-28-13-29(33(30,31)20-9-7-17(24)11-19(20)28)22(23-27-26-12-32-23)16(4)21-15(3)14(2)6-8-18(21)25/h5-9,11-12,16,22H,1,10,13H2,2-4H3/t16-,22+/m0/s1. The second kappa shape index (κ2) is 8.89. The molecule has 2 heterocycles. The second-order valence-electron chi connectivity index (χ2n) is 8.07. The lowest BCUT2D eigenvalue weighted by Crippen LogP contribution is -2.49. The van der Waals surface area contributed by atoms with E-state index in [0.717, 1.165) is 17.5 Å². The third-order valence-corrected chi connectivity index (χ3v) is 8.21. The van der Waals surface area contributed by atoms with Crippen molar-refractivity contribution in [1.29, 1.82) is 0 Å². The van der Waals surface area contributed by atoms with E-state index < -0.39 is 27.8 Å². The molecule has 0 unspecified atom stereocenters. The molecule has 2 atom stereocenters. The Hall–Kier alpha value is -2.75. The van der Waals surface area contributed by atoms with Gasteiger partial charge in [0.1, 0.15) is 16.8 Å². The zero-order valence-electron chi connectivity index (χ0n) is 18.5. The molecule has 1 aromatic heterocycles. The van der Waals surface area contributed by atoms with E-state index in [0.29, 0.717) is 22.8 Å². The Morgan fingerprint density at radius 2 is 2.06 bits per heavy atom. The second-order valence-corrected chi connectivity index (χ2v) is 10.4. The predicted octanol–water partition coefficient (Wildman–Crippen LogP) is 4.98. The van der Waals surface area contributed by atoms with Gasteiger partial charge < -0.3 is 9.32 Å². The normalized spacial score (nSPS) is 17.4. The number of fused-ring (bicyclic) bond motifs is 1. The number of anilines is 1. The van der Waals surface area contributed by atoms with Gasteiger partial charge in [-0.15, -0.1) is 16.8 Å². The monoisotopic (exact) mass is 490 g/mol. The Bertz CT molecular complexity index is 1300. The van der Waals surface area contributed by atoms with Crippen LogP contribution in [-0.4, -0.2) is 36.1 Å². The summed E-state index contributed by atoms with van der Waals surface area (Å²) in [5.74, 6) is -0.957. The van der Waals surface area contributed by atoms with E-state index in [1.54, 1.807) is 25.1 Å². The van der Waals surface area contributed by atoms with Crippen LogP contribution in [0.4, 0.5) is 10.1 Å². The first-order chi connectivity index (χ1) is 15.7. The van der Waals surface area contributed by atoms with Gasteiger partial charge in [0.25, 0.3) is 0 Å². The van der Waals surface area contributed by atoms with E-state index in [1.807, 2.05) is 18.7 Å². The highest BCUT2D eigenvalue weighted by atomic mass is 35.5. The van der Waals surface area contributed by atoms with Gasteiger partial charge in [0.05, 0.1) is 12.4 Å². The molecular weight excluding hydrogens is 467 g/mol. The van der Waals surface area contributed by atoms with Gasteiger partial charge in [0.2, 0.25) is 22.3 Å². The zero-order chi connectivity index (χ0) is 23.9. The lowest BCUT2D eigenvalue weighted by molar-refractivity contribution is 0.239. The fraction of sp³-hybridized carbons (Fsp3) is 0.304. The van der Waals surface area contributed by atoms with Gasteiger partial charge in [-0.1, -0.05) is 30.7 Å². The molecule has 2 aromatic carbocycles. The topological polar surface area (TPSA) is 79.5 Å². The summed E-state index contributed by atoms with van der Waals surface area (Å²) in [6.45, 7) is 9.62. The minimum absolute atomic E-state index is 0.0223. The Balaban J connectivity index is 1.91. The molecule has 4 rings (SSSR count). The molecule has 10 heteroatoms. The largest absolute Gasteiger partial charge is 0.426 e. The van der Waals surface area contributed by atoms with E-state index in [2.05, 4.69) is 16.8 Å². The van der Waals surface area contributed by atoms with Gasteiger partial charge >= 0.3 is 0 Å². The first-order valence-electron chi connectivity index (χ1n) is 10.4. The maximum absolute atomic E-state index is 15.1. The fourth-order valence-electron chi connectivity index (χ4n) is 4.37. The van der Waals surface area contributed by atoms with Crippen molar-refractivity contribution in [3.05, 3.63) is 82.8 Å². The highest BCUT2D eigenvalue weighted by Gasteiger charge is 2.45. The lowest BCUT2D eigenvalue weighted by atomic mass is 9.87. The summed E-state index contributed by atoms with van der Waals surface area (Å²) in [5, 5.41) is 8.20. The number of sulfonamides is 1. The maximum atomic E-state index is 15.1. The van der Waals surface area contributed by atoms with Crippen LogP contribution < -0.4 is 4.90 Å². The Morgan fingerprint density at radius 3 is 2.73 bits per heavy atom. The number of nitrogens with zero attached hydrogens (tertiary/aromatic N) is 4. The van der Waals surface area contributed by atoms with Gasteiger partial charge in [-0.3, -0.25) is 0 Å². The van der Waals surface area contributed by atoms with Gasteiger partial charge in [0, 0.05) is 17.5 Å². The molecule has 0 bridgehead atoms. The van der Waals surface area contributed by atoms with Gasteiger partial charge in [-0.2, -0.15) is 4.31 Å². The van der Waals surface area contributed by atoms with Crippen LogP contribution in [0.5, 0.6) is 0 Å². The number of aryl methyl sites for hydroxylation is 1. The van der Waals surface area contributed by atoms with Gasteiger partial charge in [0.15, 0.2) is 0 Å². The Kier molecular flexibility index (Phi) is 6.30. The molecule has 0 spiro atoms. The maximum Gasteiger partial charge on any atom is 0.247 e. The van der Waals surface area contributed by atoms with Crippen LogP contribution in [0.15, 0.2) is 58.7 Å². The number of benzene rings is 2. The molecule has 1 aliphatic heterocycles. The molecule has 1 aliphatic rings. The van der Waals surface area contributed by atoms with Gasteiger partial charge in [-0.05, 0) is 54.8 Å². The number of halogens is 2. The van der Waals surface area contributed by atoms with Crippen molar-refractivity contribution in [2.75, 3.05) is 18.1 Å². The summed E-state index contributed by atoms with van der Waals surface area (Å²) in [6, 6.07) is 6.78. The summed E-state index contributed by atoms with van der Waals surface area (Å²) < 4.78 is 49.5. The van der Waals surface area contributed by atoms with E-state index in [9.17, 15) is 8.42 Å². The molecular formula is C23H24ClFN4O3S. The van der Waals surface area contributed by atoms with Crippen LogP contribution in [0.2, 0.25) is 5.02 Å². The quantitative estimate of drug-likeness (QED) is 0.453. The molecule has 0 amide bonds. The third-order valence-electron chi connectivity index (χ3n) is 6.11. The minimum atomic E-state index is -4.02. The molecule has 0 N–H and O–H groups in total. The molecule has 174 valence electrons. The smallest absolute Gasteiger partial charge is 0.247 e. The molecule has 3 aromatic rings. The van der Waals surface area contributed by atoms with Crippen molar-refractivity contribution >= 4 is 27.3 Å². The van der Waals surface area contributed by atoms with Crippen molar-refractivity contribution in [2.45, 2.75) is 37.6 Å². The number of hydrogen-bond acceptors (Lipinski definition) is 6. The van der Waals surface area contributed by atoms with E-state index in [4.69, 9.17) is 16.0 Å². The summed E-state index contributed by atoms with van der Waals surface area (Å²) in [7, 11) is -4.02. The lowest BCUT2D eigenvalue weighted by Gasteiger charge is -2.41. The molecule has 33 heavy (non-hydrogen) atoms. The molecule has 0 aliphatic carbocycles. The van der Waals surface area contributed by atoms with E-state index in [-0.39, 0.29) is 17.5 Å². The van der Waals surface area contributed by atoms with Crippen LogP contribution >= 0.6 is 11.6 Å². The zero-order valence-corrected chi connectivity index (χ0v) is 20.1. The highest BCUT2D eigenvalue weighted by molar-refractivity contribution is 7.89. The first-order valence-corrected chi connectivity index (χ1v) is 12.2. The number of hydrogen-bond donors (Lipinski definition) is 0. The fourth-order valence-corrected chi connectivity index (χ4v) is 6.34. The van der Waals surface area contributed by atoms with Crippen LogP contribution in [0.3, 0.4) is 0 Å². The predicted molar refractivity (Wildman–Crippen MR) is 124 cm³/mol. The van der Waals surface area contributed by atoms with Gasteiger partial charge in [-0.25, -0.2) is 12.8 Å². The summed E-state index contributed by atoms with van der Waals surface area (Å²) in [6.07, 6.45) is 2.82. The average Bonchev–Trinajstić information content (AvgIpc) is 3.29. The summed E-state index contributed by atoms with van der Waals surface area (Å²) in [5.41, 5.74) is 2.54. The summed E-state index contributed by atoms with van der Waals surface area (Å²) in [4.78, 5) is 1.93. The molecule has 0 saturated carbocycles. The highest BCUT2D eigenvalue weighted by Crippen LogP contribution is 2.44. The summed E-state index contributed by atoms with van der Waals surface area (Å²) >= 11 is 6.16. The Morgan fingerprint density at radius 1 is 1.30 bits per heavy atom.